The zero-order valence-corrected chi connectivity index (χ0v) is 6.36. The second kappa shape index (κ2) is 2.21. The largest absolute Gasteiger partial charge is 0.481 e. The van der Waals surface area contributed by atoms with Gasteiger partial charge in [-0.15, -0.1) is 0 Å². The molecule has 3 N–H and O–H groups in total. The molecule has 0 aromatic rings. The quantitative estimate of drug-likeness (QED) is 0.577. The molecule has 0 saturated heterocycles. The molecule has 0 aromatic carbocycles. The highest BCUT2D eigenvalue weighted by atomic mass is 16.4. The van der Waals surface area contributed by atoms with E-state index < -0.39 is 5.97 Å². The zero-order chi connectivity index (χ0) is 8.01. The lowest BCUT2D eigenvalue weighted by Gasteiger charge is -2.44. The van der Waals surface area contributed by atoms with Gasteiger partial charge in [0.25, 0.3) is 0 Å². The fraction of sp³-hybridized carbons (Fsp3) is 0.875. The molecule has 0 spiro atoms. The Morgan fingerprint density at radius 3 is 2.64 bits per heavy atom. The molecule has 3 heteroatoms. The fourth-order valence-corrected chi connectivity index (χ4v) is 2.70. The Labute approximate surface area is 65.6 Å². The van der Waals surface area contributed by atoms with Crippen LogP contribution in [-0.4, -0.2) is 17.1 Å². The van der Waals surface area contributed by atoms with Gasteiger partial charge < -0.3 is 10.8 Å². The summed E-state index contributed by atoms with van der Waals surface area (Å²) in [6.45, 7) is 0. The summed E-state index contributed by atoms with van der Waals surface area (Å²) in [5.74, 6) is 0.00162. The van der Waals surface area contributed by atoms with E-state index in [4.69, 9.17) is 10.8 Å². The summed E-state index contributed by atoms with van der Waals surface area (Å²) in [6.07, 6.45) is 3.40. The van der Waals surface area contributed by atoms with Gasteiger partial charge in [-0.3, -0.25) is 4.79 Å². The van der Waals surface area contributed by atoms with Crippen LogP contribution in [0.2, 0.25) is 0 Å². The molecule has 0 heterocycles. The Balaban J connectivity index is 2.09. The van der Waals surface area contributed by atoms with Crippen molar-refractivity contribution in [3.8, 4) is 0 Å². The van der Waals surface area contributed by atoms with Crippen LogP contribution in [0.15, 0.2) is 0 Å². The van der Waals surface area contributed by atoms with E-state index in [1.165, 1.54) is 6.42 Å². The molecule has 0 bridgehead atoms. The maximum absolute atomic E-state index is 10.7. The summed E-state index contributed by atoms with van der Waals surface area (Å²) in [4.78, 5) is 10.7. The van der Waals surface area contributed by atoms with Gasteiger partial charge in [-0.05, 0) is 24.7 Å². The van der Waals surface area contributed by atoms with Gasteiger partial charge in [0.05, 0.1) is 5.92 Å². The third-order valence-corrected chi connectivity index (χ3v) is 3.28. The maximum Gasteiger partial charge on any atom is 0.308 e. The van der Waals surface area contributed by atoms with E-state index in [1.807, 2.05) is 0 Å². The van der Waals surface area contributed by atoms with Crippen molar-refractivity contribution in [1.82, 2.24) is 0 Å². The molecule has 0 aromatic heterocycles. The van der Waals surface area contributed by atoms with Gasteiger partial charge in [-0.1, -0.05) is 6.42 Å². The van der Waals surface area contributed by atoms with E-state index in [1.54, 1.807) is 0 Å². The number of rotatable bonds is 1. The minimum absolute atomic E-state index is 0.0556. The first-order valence-electron chi connectivity index (χ1n) is 4.20. The highest BCUT2D eigenvalue weighted by Crippen LogP contribution is 2.50. The van der Waals surface area contributed by atoms with Gasteiger partial charge in [0, 0.05) is 6.04 Å². The van der Waals surface area contributed by atoms with Gasteiger partial charge in [-0.2, -0.15) is 0 Å². The van der Waals surface area contributed by atoms with E-state index in [0.717, 1.165) is 12.8 Å². The van der Waals surface area contributed by atoms with Gasteiger partial charge in [-0.25, -0.2) is 0 Å². The number of carboxylic acids is 1. The Hall–Kier alpha value is -0.570. The van der Waals surface area contributed by atoms with Crippen molar-refractivity contribution in [2.75, 3.05) is 0 Å². The van der Waals surface area contributed by atoms with E-state index in [0.29, 0.717) is 11.8 Å². The normalized spacial score (nSPS) is 48.1. The summed E-state index contributed by atoms with van der Waals surface area (Å²) in [5.41, 5.74) is 5.73. The van der Waals surface area contributed by atoms with Crippen LogP contribution in [0.5, 0.6) is 0 Å². The summed E-state index contributed by atoms with van der Waals surface area (Å²) < 4.78 is 0. The van der Waals surface area contributed by atoms with Crippen LogP contribution in [0.25, 0.3) is 0 Å². The molecule has 3 nitrogen and oxygen atoms in total. The fourth-order valence-electron chi connectivity index (χ4n) is 2.70. The van der Waals surface area contributed by atoms with Crippen LogP contribution in [0.3, 0.4) is 0 Å². The molecule has 2 aliphatic carbocycles. The van der Waals surface area contributed by atoms with E-state index in [2.05, 4.69) is 0 Å². The topological polar surface area (TPSA) is 63.3 Å². The molecule has 2 fully saturated rings. The van der Waals surface area contributed by atoms with Crippen LogP contribution in [0.1, 0.15) is 19.3 Å². The van der Waals surface area contributed by atoms with E-state index >= 15 is 0 Å². The van der Waals surface area contributed by atoms with Crippen molar-refractivity contribution in [1.29, 1.82) is 0 Å². The van der Waals surface area contributed by atoms with Crippen molar-refractivity contribution < 1.29 is 9.90 Å². The Bertz CT molecular complexity index is 193. The summed E-state index contributed by atoms with van der Waals surface area (Å²) in [6, 6.07) is -0.0556. The molecule has 0 amide bonds. The maximum atomic E-state index is 10.7. The molecule has 62 valence electrons. The zero-order valence-electron chi connectivity index (χ0n) is 6.36. The monoisotopic (exact) mass is 155 g/mol. The van der Waals surface area contributed by atoms with Crippen molar-refractivity contribution in [3.63, 3.8) is 0 Å². The number of nitrogens with two attached hydrogens (primary N) is 1. The predicted octanol–water partition coefficient (Wildman–Crippen LogP) is 0.444. The third-order valence-electron chi connectivity index (χ3n) is 3.28. The number of hydrogen-bond acceptors (Lipinski definition) is 2. The molecule has 2 saturated carbocycles. The average Bonchev–Trinajstić information content (AvgIpc) is 2.30. The molecule has 0 unspecified atom stereocenters. The number of aliphatic carboxylic acids is 1. The van der Waals surface area contributed by atoms with Crippen molar-refractivity contribution in [2.45, 2.75) is 25.3 Å². The predicted molar refractivity (Wildman–Crippen MR) is 39.9 cm³/mol. The average molecular weight is 155 g/mol. The molecule has 0 radical (unpaired) electrons. The standard InChI is InChI=1S/C8H13NO2/c9-7-5-3-1-2-4(5)6(7)8(10)11/h4-7H,1-3,9H2,(H,10,11)/t4-,5+,6-,7-/m1/s1. The van der Waals surface area contributed by atoms with Crippen molar-refractivity contribution >= 4 is 5.97 Å². The van der Waals surface area contributed by atoms with Crippen molar-refractivity contribution in [3.05, 3.63) is 0 Å². The molecule has 0 aliphatic heterocycles. The SMILES string of the molecule is N[C@@H]1[C@H]2CCC[C@H]2[C@H]1C(=O)O. The summed E-state index contributed by atoms with van der Waals surface area (Å²) in [7, 11) is 0. The molecular weight excluding hydrogens is 142 g/mol. The first-order valence-corrected chi connectivity index (χ1v) is 4.20. The summed E-state index contributed by atoms with van der Waals surface area (Å²) in [5, 5.41) is 8.77. The Morgan fingerprint density at radius 2 is 2.00 bits per heavy atom. The lowest BCUT2D eigenvalue weighted by Crippen LogP contribution is -2.57. The van der Waals surface area contributed by atoms with Crippen LogP contribution in [0.4, 0.5) is 0 Å². The molecule has 2 rings (SSSR count). The highest BCUT2D eigenvalue weighted by molar-refractivity contribution is 5.73. The number of fused-ring (bicyclic) bond motifs is 1. The van der Waals surface area contributed by atoms with E-state index in [9.17, 15) is 4.79 Å². The Kier molecular flexibility index (Phi) is 1.42. The molecule has 4 atom stereocenters. The minimum Gasteiger partial charge on any atom is -0.481 e. The summed E-state index contributed by atoms with van der Waals surface area (Å²) >= 11 is 0. The van der Waals surface area contributed by atoms with Crippen LogP contribution >= 0.6 is 0 Å². The first kappa shape index (κ1) is 7.10. The third kappa shape index (κ3) is 0.805. The smallest absolute Gasteiger partial charge is 0.308 e. The van der Waals surface area contributed by atoms with Gasteiger partial charge in [0.2, 0.25) is 0 Å². The minimum atomic E-state index is -0.694. The van der Waals surface area contributed by atoms with Gasteiger partial charge in [0.15, 0.2) is 0 Å². The Morgan fingerprint density at radius 1 is 1.36 bits per heavy atom. The number of carbonyl (C=O) groups is 1. The highest BCUT2D eigenvalue weighted by Gasteiger charge is 2.53. The van der Waals surface area contributed by atoms with Crippen LogP contribution in [0, 0.1) is 17.8 Å². The lowest BCUT2D eigenvalue weighted by atomic mass is 9.63. The molecule has 2 aliphatic rings. The first-order chi connectivity index (χ1) is 5.22. The van der Waals surface area contributed by atoms with Crippen molar-refractivity contribution in [2.24, 2.45) is 23.5 Å². The van der Waals surface area contributed by atoms with Crippen LogP contribution in [-0.2, 0) is 4.79 Å². The molecule has 11 heavy (non-hydrogen) atoms. The second-order valence-electron chi connectivity index (χ2n) is 3.70. The number of carboxylic acid groups (broad SMARTS) is 1. The van der Waals surface area contributed by atoms with Crippen LogP contribution < -0.4 is 5.73 Å². The van der Waals surface area contributed by atoms with Gasteiger partial charge in [0.1, 0.15) is 0 Å². The van der Waals surface area contributed by atoms with E-state index in [-0.39, 0.29) is 12.0 Å². The second-order valence-corrected chi connectivity index (χ2v) is 3.70. The lowest BCUT2D eigenvalue weighted by molar-refractivity contribution is -0.151. The van der Waals surface area contributed by atoms with Gasteiger partial charge >= 0.3 is 5.97 Å². The molecular formula is C8H13NO2. The number of hydrogen-bond donors (Lipinski definition) is 2.